The van der Waals surface area contributed by atoms with E-state index in [2.05, 4.69) is 9.47 Å². The molecule has 7 nitrogen and oxygen atoms in total. The Labute approximate surface area is 92.6 Å². The fourth-order valence-corrected chi connectivity index (χ4v) is 0.682. The van der Waals surface area contributed by atoms with E-state index in [1.54, 1.807) is 0 Å². The third kappa shape index (κ3) is 5.64. The summed E-state index contributed by atoms with van der Waals surface area (Å²) < 4.78 is 9.12. The molecule has 0 bridgehead atoms. The van der Waals surface area contributed by atoms with E-state index < -0.39 is 36.9 Å². The molecule has 0 aliphatic rings. The third-order valence-corrected chi connectivity index (χ3v) is 1.58. The van der Waals surface area contributed by atoms with Gasteiger partial charge in [0.1, 0.15) is 18.8 Å². The second kappa shape index (κ2) is 7.15. The first-order valence-electron chi connectivity index (χ1n) is 4.72. The van der Waals surface area contributed by atoms with E-state index in [1.807, 2.05) is 0 Å². The molecule has 0 aliphatic carbocycles. The van der Waals surface area contributed by atoms with Crippen LogP contribution in [-0.2, 0) is 19.1 Å². The lowest BCUT2D eigenvalue weighted by Crippen LogP contribution is -2.33. The van der Waals surface area contributed by atoms with Gasteiger partial charge in [0.2, 0.25) is 0 Å². The zero-order valence-electron chi connectivity index (χ0n) is 9.12. The van der Waals surface area contributed by atoms with Gasteiger partial charge < -0.3 is 24.8 Å². The van der Waals surface area contributed by atoms with Gasteiger partial charge in [0, 0.05) is 0 Å². The lowest BCUT2D eigenvalue weighted by molar-refractivity contribution is -0.170. The number of esters is 2. The summed E-state index contributed by atoms with van der Waals surface area (Å²) in [7, 11) is 0. The zero-order chi connectivity index (χ0) is 12.7. The van der Waals surface area contributed by atoms with Crippen molar-refractivity contribution in [2.45, 2.75) is 32.2 Å². The van der Waals surface area contributed by atoms with Gasteiger partial charge in [-0.15, -0.1) is 0 Å². The molecule has 0 aromatic carbocycles. The minimum absolute atomic E-state index is 0.376. The van der Waals surface area contributed by atoms with Crippen molar-refractivity contribution >= 4 is 11.9 Å². The Morgan fingerprint density at radius 3 is 2.00 bits per heavy atom. The predicted octanol–water partition coefficient (Wildman–Crippen LogP) is -1.80. The van der Waals surface area contributed by atoms with Crippen LogP contribution in [0.2, 0.25) is 0 Å². The lowest BCUT2D eigenvalue weighted by Gasteiger charge is -2.16. The van der Waals surface area contributed by atoms with E-state index in [-0.39, 0.29) is 6.61 Å². The number of rotatable bonds is 6. The first-order valence-corrected chi connectivity index (χ1v) is 4.72. The topological polar surface area (TPSA) is 113 Å². The van der Waals surface area contributed by atoms with Gasteiger partial charge in [-0.05, 0) is 13.8 Å². The molecule has 0 aromatic heterocycles. The number of ether oxygens (including phenoxy) is 2. The van der Waals surface area contributed by atoms with Gasteiger partial charge in [0.05, 0.1) is 6.61 Å². The molecule has 0 fully saturated rings. The standard InChI is InChI=1S/C9H16O7/c1-5(11)8(13)15-4-7(3-10)16-9(14)6(2)12/h5-7,10-12H,3-4H2,1-2H3. The average molecular weight is 236 g/mol. The van der Waals surface area contributed by atoms with Gasteiger partial charge in [-0.1, -0.05) is 0 Å². The van der Waals surface area contributed by atoms with E-state index >= 15 is 0 Å². The highest BCUT2D eigenvalue weighted by molar-refractivity contribution is 5.74. The maximum absolute atomic E-state index is 10.9. The van der Waals surface area contributed by atoms with E-state index in [0.717, 1.165) is 0 Å². The Bertz CT molecular complexity index is 236. The van der Waals surface area contributed by atoms with Crippen LogP contribution in [0.3, 0.4) is 0 Å². The fraction of sp³-hybridized carbons (Fsp3) is 0.778. The van der Waals surface area contributed by atoms with Crippen molar-refractivity contribution in [3.8, 4) is 0 Å². The maximum atomic E-state index is 10.9. The molecule has 3 unspecified atom stereocenters. The minimum Gasteiger partial charge on any atom is -0.460 e. The number of carbonyl (C=O) groups is 2. The Hall–Kier alpha value is -1.18. The molecular weight excluding hydrogens is 220 g/mol. The first-order chi connectivity index (χ1) is 7.38. The van der Waals surface area contributed by atoms with Gasteiger partial charge in [0.25, 0.3) is 0 Å². The second-order valence-corrected chi connectivity index (χ2v) is 3.22. The number of carbonyl (C=O) groups excluding carboxylic acids is 2. The number of aliphatic hydroxyl groups excluding tert-OH is 3. The molecule has 0 rings (SSSR count). The van der Waals surface area contributed by atoms with Crippen LogP contribution in [0.25, 0.3) is 0 Å². The van der Waals surface area contributed by atoms with Crippen LogP contribution in [0.5, 0.6) is 0 Å². The first kappa shape index (κ1) is 14.8. The summed E-state index contributed by atoms with van der Waals surface area (Å²) in [6, 6.07) is 0. The van der Waals surface area contributed by atoms with Crippen molar-refractivity contribution in [1.29, 1.82) is 0 Å². The predicted molar refractivity (Wildman–Crippen MR) is 51.3 cm³/mol. The summed E-state index contributed by atoms with van der Waals surface area (Å²) in [6.07, 6.45) is -3.65. The summed E-state index contributed by atoms with van der Waals surface area (Å²) in [5.74, 6) is -1.81. The molecule has 0 amide bonds. The highest BCUT2D eigenvalue weighted by atomic mass is 16.6. The average Bonchev–Trinajstić information content (AvgIpc) is 2.22. The largest absolute Gasteiger partial charge is 0.460 e. The van der Waals surface area contributed by atoms with Crippen LogP contribution >= 0.6 is 0 Å². The normalized spacial score (nSPS) is 16.1. The summed E-state index contributed by atoms with van der Waals surface area (Å²) in [5, 5.41) is 26.4. The third-order valence-electron chi connectivity index (χ3n) is 1.58. The number of hydrogen-bond donors (Lipinski definition) is 3. The Morgan fingerprint density at radius 2 is 1.62 bits per heavy atom. The monoisotopic (exact) mass is 236 g/mol. The molecule has 0 aromatic rings. The molecule has 3 N–H and O–H groups in total. The van der Waals surface area contributed by atoms with Crippen LogP contribution in [0.4, 0.5) is 0 Å². The van der Waals surface area contributed by atoms with Gasteiger partial charge in [0.15, 0.2) is 6.10 Å². The van der Waals surface area contributed by atoms with Gasteiger partial charge in [-0.3, -0.25) is 0 Å². The highest BCUT2D eigenvalue weighted by Crippen LogP contribution is 1.98. The van der Waals surface area contributed by atoms with Crippen molar-refractivity contribution in [1.82, 2.24) is 0 Å². The number of hydrogen-bond acceptors (Lipinski definition) is 7. The molecule has 0 saturated heterocycles. The molecule has 16 heavy (non-hydrogen) atoms. The fourth-order valence-electron chi connectivity index (χ4n) is 0.682. The molecule has 0 aliphatic heterocycles. The second-order valence-electron chi connectivity index (χ2n) is 3.22. The van der Waals surface area contributed by atoms with Crippen LogP contribution in [0.1, 0.15) is 13.8 Å². The van der Waals surface area contributed by atoms with Crippen LogP contribution in [0, 0.1) is 0 Å². The van der Waals surface area contributed by atoms with E-state index in [4.69, 9.17) is 15.3 Å². The van der Waals surface area contributed by atoms with E-state index in [9.17, 15) is 9.59 Å². The van der Waals surface area contributed by atoms with Gasteiger partial charge >= 0.3 is 11.9 Å². The van der Waals surface area contributed by atoms with Gasteiger partial charge in [-0.2, -0.15) is 0 Å². The molecule has 7 heteroatoms. The van der Waals surface area contributed by atoms with Crippen molar-refractivity contribution in [2.75, 3.05) is 13.2 Å². The number of aliphatic hydroxyl groups is 3. The molecule has 0 heterocycles. The summed E-state index contributed by atoms with van der Waals surface area (Å²) in [5.41, 5.74) is 0. The molecule has 94 valence electrons. The Morgan fingerprint density at radius 1 is 1.12 bits per heavy atom. The molecule has 0 saturated carbocycles. The Kier molecular flexibility index (Phi) is 6.63. The molecule has 0 spiro atoms. The molecular formula is C9H16O7. The zero-order valence-corrected chi connectivity index (χ0v) is 9.12. The van der Waals surface area contributed by atoms with Crippen LogP contribution < -0.4 is 0 Å². The lowest BCUT2D eigenvalue weighted by atomic mass is 10.3. The van der Waals surface area contributed by atoms with E-state index in [0.29, 0.717) is 0 Å². The maximum Gasteiger partial charge on any atom is 0.335 e. The quantitative estimate of drug-likeness (QED) is 0.466. The van der Waals surface area contributed by atoms with Crippen LogP contribution in [-0.4, -0.2) is 58.8 Å². The smallest absolute Gasteiger partial charge is 0.335 e. The van der Waals surface area contributed by atoms with Gasteiger partial charge in [-0.25, -0.2) is 9.59 Å². The van der Waals surface area contributed by atoms with Crippen molar-refractivity contribution in [3.05, 3.63) is 0 Å². The minimum atomic E-state index is -1.32. The Balaban J connectivity index is 4.02. The summed E-state index contributed by atoms with van der Waals surface area (Å²) in [4.78, 5) is 21.8. The SMILES string of the molecule is CC(O)C(=O)OCC(CO)OC(=O)C(C)O. The summed E-state index contributed by atoms with van der Waals surface area (Å²) in [6.45, 7) is 1.50. The van der Waals surface area contributed by atoms with Crippen LogP contribution in [0.15, 0.2) is 0 Å². The van der Waals surface area contributed by atoms with E-state index in [1.165, 1.54) is 13.8 Å². The highest BCUT2D eigenvalue weighted by Gasteiger charge is 2.20. The molecule has 3 atom stereocenters. The van der Waals surface area contributed by atoms with Crippen molar-refractivity contribution in [2.24, 2.45) is 0 Å². The van der Waals surface area contributed by atoms with Crippen molar-refractivity contribution < 1.29 is 34.4 Å². The van der Waals surface area contributed by atoms with Crippen molar-refractivity contribution in [3.63, 3.8) is 0 Å². The summed E-state index contributed by atoms with van der Waals surface area (Å²) >= 11 is 0. The molecule has 0 radical (unpaired) electrons.